The summed E-state index contributed by atoms with van der Waals surface area (Å²) in [7, 11) is 3.97. The van der Waals surface area contributed by atoms with Gasteiger partial charge in [-0.25, -0.2) is 0 Å². The summed E-state index contributed by atoms with van der Waals surface area (Å²) in [6.07, 6.45) is 0. The maximum absolute atomic E-state index is 11.9. The molecular weight excluding hydrogens is 312 g/mol. The third-order valence-electron chi connectivity index (χ3n) is 2.47. The van der Waals surface area contributed by atoms with E-state index in [1.807, 2.05) is 54.7 Å². The molecule has 1 heterocycles. The maximum Gasteiger partial charge on any atom is 0.256 e. The Balaban J connectivity index is 2.07. The van der Waals surface area contributed by atoms with Crippen LogP contribution in [0.2, 0.25) is 0 Å². The van der Waals surface area contributed by atoms with E-state index >= 15 is 0 Å². The average molecular weight is 325 g/mol. The van der Waals surface area contributed by atoms with Gasteiger partial charge in [-0.3, -0.25) is 4.79 Å². The predicted molar refractivity (Wildman–Crippen MR) is 80.7 cm³/mol. The van der Waals surface area contributed by atoms with E-state index in [0.717, 1.165) is 15.2 Å². The van der Waals surface area contributed by atoms with Gasteiger partial charge in [-0.15, -0.1) is 11.3 Å². The molecule has 1 aromatic heterocycles. The molecule has 1 aromatic carbocycles. The van der Waals surface area contributed by atoms with E-state index in [1.54, 1.807) is 0 Å². The zero-order chi connectivity index (χ0) is 13.1. The molecule has 1 N–H and O–H groups in total. The molecule has 0 unspecified atom stereocenters. The van der Waals surface area contributed by atoms with E-state index in [0.29, 0.717) is 5.56 Å². The normalized spacial score (nSPS) is 10.2. The van der Waals surface area contributed by atoms with E-state index in [9.17, 15) is 4.79 Å². The second-order valence-electron chi connectivity index (χ2n) is 4.03. The van der Waals surface area contributed by atoms with Crippen molar-refractivity contribution in [3.8, 4) is 0 Å². The zero-order valence-corrected chi connectivity index (χ0v) is 12.5. The second kappa shape index (κ2) is 5.54. The van der Waals surface area contributed by atoms with Crippen molar-refractivity contribution in [2.75, 3.05) is 24.3 Å². The van der Waals surface area contributed by atoms with Crippen molar-refractivity contribution in [1.82, 2.24) is 0 Å². The lowest BCUT2D eigenvalue weighted by Gasteiger charge is -2.12. The van der Waals surface area contributed by atoms with Crippen LogP contribution in [-0.2, 0) is 0 Å². The van der Waals surface area contributed by atoms with Crippen molar-refractivity contribution in [1.29, 1.82) is 0 Å². The zero-order valence-electron chi connectivity index (χ0n) is 10.1. The topological polar surface area (TPSA) is 32.3 Å². The smallest absolute Gasteiger partial charge is 0.256 e. The van der Waals surface area contributed by atoms with Crippen molar-refractivity contribution >= 4 is 44.5 Å². The summed E-state index contributed by atoms with van der Waals surface area (Å²) in [5.41, 5.74) is 2.57. The average Bonchev–Trinajstić information content (AvgIpc) is 2.76. The van der Waals surface area contributed by atoms with Crippen LogP contribution in [0.5, 0.6) is 0 Å². The summed E-state index contributed by atoms with van der Waals surface area (Å²) in [5.74, 6) is -0.0884. The first-order valence-electron chi connectivity index (χ1n) is 5.39. The fraction of sp³-hybridized carbons (Fsp3) is 0.154. The molecule has 0 saturated carbocycles. The van der Waals surface area contributed by atoms with E-state index in [-0.39, 0.29) is 5.91 Å². The van der Waals surface area contributed by atoms with Crippen molar-refractivity contribution in [2.24, 2.45) is 0 Å². The molecular formula is C13H13BrN2OS. The van der Waals surface area contributed by atoms with E-state index < -0.39 is 0 Å². The number of thiophene rings is 1. The summed E-state index contributed by atoms with van der Waals surface area (Å²) < 4.78 is 0.954. The molecule has 18 heavy (non-hydrogen) atoms. The Morgan fingerprint density at radius 3 is 2.44 bits per heavy atom. The van der Waals surface area contributed by atoms with E-state index in [4.69, 9.17) is 0 Å². The van der Waals surface area contributed by atoms with Crippen LogP contribution in [0.25, 0.3) is 0 Å². The molecule has 2 aromatic rings. The fourth-order valence-electron chi connectivity index (χ4n) is 1.48. The Kier molecular flexibility index (Phi) is 4.04. The highest BCUT2D eigenvalue weighted by atomic mass is 79.9. The molecule has 2 rings (SSSR count). The Hall–Kier alpha value is -1.33. The lowest BCUT2D eigenvalue weighted by atomic mass is 10.2. The van der Waals surface area contributed by atoms with Crippen LogP contribution in [0.3, 0.4) is 0 Å². The molecule has 0 saturated heterocycles. The number of amides is 1. The third-order valence-corrected chi connectivity index (χ3v) is 3.98. The second-order valence-corrected chi connectivity index (χ2v) is 6.33. The Labute approximate surface area is 119 Å². The molecule has 3 nitrogen and oxygen atoms in total. The number of benzene rings is 1. The van der Waals surface area contributed by atoms with Crippen LogP contribution in [0.15, 0.2) is 39.5 Å². The van der Waals surface area contributed by atoms with Crippen LogP contribution >= 0.6 is 27.3 Å². The highest BCUT2D eigenvalue weighted by Gasteiger charge is 2.08. The number of anilines is 2. The molecule has 0 bridgehead atoms. The minimum atomic E-state index is -0.0884. The van der Waals surface area contributed by atoms with Gasteiger partial charge in [0.05, 0.1) is 9.35 Å². The Bertz CT molecular complexity index is 548. The first kappa shape index (κ1) is 13.1. The number of hydrogen-bond acceptors (Lipinski definition) is 3. The molecule has 1 amide bonds. The number of carbonyl (C=O) groups excluding carboxylic acids is 1. The number of rotatable bonds is 3. The summed E-state index contributed by atoms with van der Waals surface area (Å²) in [4.78, 5) is 13.9. The number of halogens is 1. The summed E-state index contributed by atoms with van der Waals surface area (Å²) in [6.45, 7) is 0. The van der Waals surface area contributed by atoms with Crippen LogP contribution in [-0.4, -0.2) is 20.0 Å². The van der Waals surface area contributed by atoms with Gasteiger partial charge in [0.1, 0.15) is 0 Å². The van der Waals surface area contributed by atoms with E-state index in [2.05, 4.69) is 21.2 Å². The van der Waals surface area contributed by atoms with Gasteiger partial charge < -0.3 is 10.2 Å². The number of hydrogen-bond donors (Lipinski definition) is 1. The lowest BCUT2D eigenvalue weighted by Crippen LogP contribution is -2.11. The number of nitrogens with zero attached hydrogens (tertiary/aromatic N) is 1. The van der Waals surface area contributed by atoms with Gasteiger partial charge in [0, 0.05) is 30.9 Å². The van der Waals surface area contributed by atoms with Gasteiger partial charge in [0.2, 0.25) is 0 Å². The van der Waals surface area contributed by atoms with Crippen molar-refractivity contribution in [3.05, 3.63) is 45.1 Å². The summed E-state index contributed by atoms with van der Waals surface area (Å²) in [6, 6.07) is 9.55. The lowest BCUT2D eigenvalue weighted by molar-refractivity contribution is 0.102. The standard InChI is InChI=1S/C13H13BrN2OS/c1-16(2)11-5-3-10(4-6-11)15-13(17)9-7-12(14)18-8-9/h3-8H,1-2H3,(H,15,17). The van der Waals surface area contributed by atoms with E-state index in [1.165, 1.54) is 11.3 Å². The maximum atomic E-state index is 11.9. The molecule has 0 atom stereocenters. The van der Waals surface area contributed by atoms with Gasteiger partial charge in [0.15, 0.2) is 0 Å². The Morgan fingerprint density at radius 2 is 1.94 bits per heavy atom. The number of carbonyl (C=O) groups is 1. The highest BCUT2D eigenvalue weighted by Crippen LogP contribution is 2.22. The largest absolute Gasteiger partial charge is 0.378 e. The van der Waals surface area contributed by atoms with Crippen LogP contribution in [0, 0.1) is 0 Å². The quantitative estimate of drug-likeness (QED) is 0.930. The molecule has 0 aliphatic rings. The fourth-order valence-corrected chi connectivity index (χ4v) is 2.61. The van der Waals surface area contributed by atoms with Crippen molar-refractivity contribution < 1.29 is 4.79 Å². The van der Waals surface area contributed by atoms with Crippen LogP contribution < -0.4 is 10.2 Å². The molecule has 0 fully saturated rings. The van der Waals surface area contributed by atoms with Gasteiger partial charge in [-0.2, -0.15) is 0 Å². The molecule has 94 valence electrons. The van der Waals surface area contributed by atoms with Crippen LogP contribution in [0.1, 0.15) is 10.4 Å². The minimum absolute atomic E-state index is 0.0884. The van der Waals surface area contributed by atoms with Crippen molar-refractivity contribution in [3.63, 3.8) is 0 Å². The molecule has 0 spiro atoms. The van der Waals surface area contributed by atoms with Crippen LogP contribution in [0.4, 0.5) is 11.4 Å². The molecule has 0 aliphatic carbocycles. The van der Waals surface area contributed by atoms with Gasteiger partial charge >= 0.3 is 0 Å². The Morgan fingerprint density at radius 1 is 1.28 bits per heavy atom. The molecule has 0 radical (unpaired) electrons. The molecule has 5 heteroatoms. The highest BCUT2D eigenvalue weighted by molar-refractivity contribution is 9.11. The van der Waals surface area contributed by atoms with Gasteiger partial charge in [0.25, 0.3) is 5.91 Å². The number of nitrogens with one attached hydrogen (secondary N) is 1. The van der Waals surface area contributed by atoms with Gasteiger partial charge in [-0.05, 0) is 46.3 Å². The monoisotopic (exact) mass is 324 g/mol. The first-order chi connectivity index (χ1) is 8.56. The minimum Gasteiger partial charge on any atom is -0.378 e. The molecule has 0 aliphatic heterocycles. The third kappa shape index (κ3) is 3.11. The van der Waals surface area contributed by atoms with Gasteiger partial charge in [-0.1, -0.05) is 0 Å². The first-order valence-corrected chi connectivity index (χ1v) is 7.06. The summed E-state index contributed by atoms with van der Waals surface area (Å²) in [5, 5.41) is 4.69. The van der Waals surface area contributed by atoms with Crippen molar-refractivity contribution in [2.45, 2.75) is 0 Å². The predicted octanol–water partition coefficient (Wildman–Crippen LogP) is 3.83. The SMILES string of the molecule is CN(C)c1ccc(NC(=O)c2csc(Br)c2)cc1. The summed E-state index contributed by atoms with van der Waals surface area (Å²) >= 11 is 4.84.